The molecule has 0 unspecified atom stereocenters. The van der Waals surface area contributed by atoms with E-state index in [2.05, 4.69) is 11.4 Å². The molecule has 0 aliphatic rings. The van der Waals surface area contributed by atoms with Crippen molar-refractivity contribution in [1.82, 2.24) is 5.32 Å². The second kappa shape index (κ2) is 8.21. The van der Waals surface area contributed by atoms with E-state index >= 15 is 0 Å². The molecule has 5 heteroatoms. The van der Waals surface area contributed by atoms with E-state index in [9.17, 15) is 4.79 Å². The van der Waals surface area contributed by atoms with Crippen LogP contribution in [0.5, 0.6) is 5.75 Å². The van der Waals surface area contributed by atoms with Gasteiger partial charge in [-0.15, -0.1) is 0 Å². The molecule has 0 radical (unpaired) electrons. The first-order chi connectivity index (χ1) is 11.1. The summed E-state index contributed by atoms with van der Waals surface area (Å²) in [4.78, 5) is 11.8. The van der Waals surface area contributed by atoms with Crippen LogP contribution in [0.4, 0.5) is 0 Å². The van der Waals surface area contributed by atoms with Crippen LogP contribution in [0.2, 0.25) is 5.02 Å². The number of amides is 1. The van der Waals surface area contributed by atoms with E-state index < -0.39 is 0 Å². The summed E-state index contributed by atoms with van der Waals surface area (Å²) in [6.07, 6.45) is 0.774. The average molecular weight is 329 g/mol. The minimum absolute atomic E-state index is 0.112. The number of aryl methyl sites for hydroxylation is 1. The molecule has 0 saturated heterocycles. The van der Waals surface area contributed by atoms with Gasteiger partial charge in [-0.25, -0.2) is 0 Å². The van der Waals surface area contributed by atoms with E-state index in [1.165, 1.54) is 17.2 Å². The molecule has 0 spiro atoms. The fourth-order valence-corrected chi connectivity index (χ4v) is 2.34. The van der Waals surface area contributed by atoms with E-state index in [0.29, 0.717) is 22.9 Å². The van der Waals surface area contributed by atoms with Gasteiger partial charge in [0.2, 0.25) is 0 Å². The van der Waals surface area contributed by atoms with Crippen LogP contribution in [0.1, 0.15) is 16.7 Å². The van der Waals surface area contributed by atoms with E-state index in [1.54, 1.807) is 12.1 Å². The molecule has 4 nitrogen and oxygen atoms in total. The van der Waals surface area contributed by atoms with Crippen molar-refractivity contribution in [2.45, 2.75) is 13.3 Å². The molecule has 1 N–H and O–H groups in total. The normalized spacial score (nSPS) is 9.96. The molecule has 2 aromatic carbocycles. The van der Waals surface area contributed by atoms with Crippen molar-refractivity contribution in [3.8, 4) is 11.8 Å². The quantitative estimate of drug-likeness (QED) is 0.885. The molecule has 2 rings (SSSR count). The zero-order chi connectivity index (χ0) is 16.7. The van der Waals surface area contributed by atoms with Gasteiger partial charge in [0.05, 0.1) is 16.7 Å². The van der Waals surface area contributed by atoms with Gasteiger partial charge in [-0.3, -0.25) is 4.79 Å². The van der Waals surface area contributed by atoms with Crippen molar-refractivity contribution >= 4 is 17.5 Å². The van der Waals surface area contributed by atoms with Crippen molar-refractivity contribution < 1.29 is 9.53 Å². The molecule has 23 heavy (non-hydrogen) atoms. The molecule has 2 aromatic rings. The number of hydrogen-bond donors (Lipinski definition) is 1. The topological polar surface area (TPSA) is 62.1 Å². The van der Waals surface area contributed by atoms with E-state index in [0.717, 1.165) is 6.42 Å². The van der Waals surface area contributed by atoms with E-state index in [-0.39, 0.29) is 12.5 Å². The van der Waals surface area contributed by atoms with Gasteiger partial charge < -0.3 is 10.1 Å². The van der Waals surface area contributed by atoms with Crippen LogP contribution in [-0.2, 0) is 11.2 Å². The average Bonchev–Trinajstić information content (AvgIpc) is 2.55. The standard InChI is InChI=1S/C18H17ClN2O2/c1-13-4-2-3-5-15(13)8-9-21-18(22)12-23-17-7-6-14(11-20)10-16(17)19/h2-7,10H,8-9,12H2,1H3,(H,21,22). The Labute approximate surface area is 140 Å². The van der Waals surface area contributed by atoms with Crippen LogP contribution in [0.15, 0.2) is 42.5 Å². The summed E-state index contributed by atoms with van der Waals surface area (Å²) in [6, 6.07) is 14.8. The Morgan fingerprint density at radius 3 is 2.78 bits per heavy atom. The minimum Gasteiger partial charge on any atom is -0.482 e. The van der Waals surface area contributed by atoms with Crippen LogP contribution in [-0.4, -0.2) is 19.1 Å². The molecule has 0 aromatic heterocycles. The number of carbonyl (C=O) groups excluding carboxylic acids is 1. The van der Waals surface area contributed by atoms with Gasteiger partial charge in [0, 0.05) is 6.54 Å². The summed E-state index contributed by atoms with van der Waals surface area (Å²) in [5.41, 5.74) is 2.87. The molecule has 0 saturated carbocycles. The maximum Gasteiger partial charge on any atom is 0.257 e. The lowest BCUT2D eigenvalue weighted by atomic mass is 10.1. The van der Waals surface area contributed by atoms with Gasteiger partial charge in [0.1, 0.15) is 5.75 Å². The van der Waals surface area contributed by atoms with Crippen molar-refractivity contribution in [3.63, 3.8) is 0 Å². The molecular formula is C18H17ClN2O2. The number of carbonyl (C=O) groups is 1. The number of hydrogen-bond acceptors (Lipinski definition) is 3. The SMILES string of the molecule is Cc1ccccc1CCNC(=O)COc1ccc(C#N)cc1Cl. The number of ether oxygens (including phenoxy) is 1. The number of halogens is 1. The summed E-state index contributed by atoms with van der Waals surface area (Å²) in [6.45, 7) is 2.49. The summed E-state index contributed by atoms with van der Waals surface area (Å²) in [7, 11) is 0. The Morgan fingerprint density at radius 1 is 1.30 bits per heavy atom. The number of rotatable bonds is 6. The summed E-state index contributed by atoms with van der Waals surface area (Å²) >= 11 is 5.99. The number of benzene rings is 2. The Bertz CT molecular complexity index is 738. The Balaban J connectivity index is 1.77. The van der Waals surface area contributed by atoms with Crippen LogP contribution in [0.3, 0.4) is 0 Å². The summed E-state index contributed by atoms with van der Waals surface area (Å²) in [5, 5.41) is 11.9. The van der Waals surface area contributed by atoms with Crippen molar-refractivity contribution in [2.24, 2.45) is 0 Å². The first-order valence-electron chi connectivity index (χ1n) is 7.24. The third kappa shape index (κ3) is 5.01. The fraction of sp³-hybridized carbons (Fsp3) is 0.222. The zero-order valence-electron chi connectivity index (χ0n) is 12.8. The smallest absolute Gasteiger partial charge is 0.257 e. The van der Waals surface area contributed by atoms with Gasteiger partial charge in [-0.2, -0.15) is 5.26 Å². The largest absolute Gasteiger partial charge is 0.482 e. The lowest BCUT2D eigenvalue weighted by molar-refractivity contribution is -0.123. The van der Waals surface area contributed by atoms with Gasteiger partial charge >= 0.3 is 0 Å². The fourth-order valence-electron chi connectivity index (χ4n) is 2.11. The van der Waals surface area contributed by atoms with E-state index in [1.807, 2.05) is 31.2 Å². The lowest BCUT2D eigenvalue weighted by Crippen LogP contribution is -2.30. The third-order valence-corrected chi connectivity index (χ3v) is 3.69. The van der Waals surface area contributed by atoms with Gasteiger partial charge in [-0.05, 0) is 42.7 Å². The van der Waals surface area contributed by atoms with Crippen molar-refractivity contribution in [2.75, 3.05) is 13.2 Å². The second-order valence-electron chi connectivity index (χ2n) is 5.07. The highest BCUT2D eigenvalue weighted by Crippen LogP contribution is 2.24. The van der Waals surface area contributed by atoms with Crippen LogP contribution >= 0.6 is 11.6 Å². The highest BCUT2D eigenvalue weighted by molar-refractivity contribution is 6.32. The summed E-state index contributed by atoms with van der Waals surface area (Å²) in [5.74, 6) is 0.179. The Hall–Kier alpha value is -2.51. The minimum atomic E-state index is -0.209. The predicted molar refractivity (Wildman–Crippen MR) is 89.6 cm³/mol. The molecular weight excluding hydrogens is 312 g/mol. The highest BCUT2D eigenvalue weighted by atomic mass is 35.5. The van der Waals surface area contributed by atoms with Gasteiger partial charge in [0.25, 0.3) is 5.91 Å². The monoisotopic (exact) mass is 328 g/mol. The second-order valence-corrected chi connectivity index (χ2v) is 5.48. The number of nitrogens with one attached hydrogen (secondary N) is 1. The molecule has 1 amide bonds. The van der Waals surface area contributed by atoms with Crippen molar-refractivity contribution in [3.05, 3.63) is 64.2 Å². The zero-order valence-corrected chi connectivity index (χ0v) is 13.6. The van der Waals surface area contributed by atoms with Crippen molar-refractivity contribution in [1.29, 1.82) is 5.26 Å². The van der Waals surface area contributed by atoms with Gasteiger partial charge in [0.15, 0.2) is 6.61 Å². The van der Waals surface area contributed by atoms with Crippen LogP contribution in [0.25, 0.3) is 0 Å². The maximum absolute atomic E-state index is 11.8. The highest BCUT2D eigenvalue weighted by Gasteiger charge is 2.07. The predicted octanol–water partition coefficient (Wildman–Crippen LogP) is 3.26. The lowest BCUT2D eigenvalue weighted by Gasteiger charge is -2.10. The first-order valence-corrected chi connectivity index (χ1v) is 7.61. The summed E-state index contributed by atoms with van der Waals surface area (Å²) < 4.78 is 5.37. The molecule has 0 bridgehead atoms. The van der Waals surface area contributed by atoms with Crippen LogP contribution in [0, 0.1) is 18.3 Å². The van der Waals surface area contributed by atoms with Gasteiger partial charge in [-0.1, -0.05) is 35.9 Å². The van der Waals surface area contributed by atoms with Crippen LogP contribution < -0.4 is 10.1 Å². The molecule has 118 valence electrons. The molecule has 0 aliphatic carbocycles. The number of nitrogens with zero attached hydrogens (tertiary/aromatic N) is 1. The molecule has 0 fully saturated rings. The van der Waals surface area contributed by atoms with E-state index in [4.69, 9.17) is 21.6 Å². The Morgan fingerprint density at radius 2 is 2.09 bits per heavy atom. The third-order valence-electron chi connectivity index (χ3n) is 3.40. The Kier molecular flexibility index (Phi) is 6.02. The first kappa shape index (κ1) is 16.9. The molecule has 0 aliphatic heterocycles. The number of nitriles is 1. The molecule has 0 heterocycles. The maximum atomic E-state index is 11.8. The molecule has 0 atom stereocenters.